The van der Waals surface area contributed by atoms with Crippen molar-refractivity contribution >= 4 is 15.7 Å². The maximum Gasteiger partial charge on any atom is 0.325 e. The maximum absolute atomic E-state index is 12.5. The number of hydrogen-bond acceptors (Lipinski definition) is 6. The number of nitrogens with one attached hydrogen (secondary N) is 3. The number of rotatable bonds is 5. The van der Waals surface area contributed by atoms with Gasteiger partial charge in [0.25, 0.3) is 15.6 Å². The number of aryl methyl sites for hydroxylation is 1. The quantitative estimate of drug-likeness (QED) is 0.711. The molecule has 0 saturated heterocycles. The second-order valence-corrected chi connectivity index (χ2v) is 6.15. The van der Waals surface area contributed by atoms with Gasteiger partial charge in [-0.25, -0.2) is 13.2 Å². The smallest absolute Gasteiger partial charge is 0.325 e. The highest BCUT2D eigenvalue weighted by Crippen LogP contribution is 2.30. The van der Waals surface area contributed by atoms with Crippen LogP contribution in [0.25, 0.3) is 0 Å². The average molecular weight is 341 g/mol. The fourth-order valence-corrected chi connectivity index (χ4v) is 3.30. The molecule has 1 aromatic heterocycles. The minimum absolute atomic E-state index is 0.0758. The van der Waals surface area contributed by atoms with E-state index in [-0.39, 0.29) is 17.1 Å². The summed E-state index contributed by atoms with van der Waals surface area (Å²) in [5.41, 5.74) is -1.78. The first-order valence-electron chi connectivity index (χ1n) is 6.36. The molecule has 0 aliphatic carbocycles. The predicted octanol–water partition coefficient (Wildman–Crippen LogP) is 0.190. The van der Waals surface area contributed by atoms with E-state index >= 15 is 0 Å². The Morgan fingerprint density at radius 2 is 1.78 bits per heavy atom. The van der Waals surface area contributed by atoms with Crippen LogP contribution in [0, 0.1) is 6.92 Å². The van der Waals surface area contributed by atoms with Crippen molar-refractivity contribution in [1.82, 2.24) is 9.97 Å². The van der Waals surface area contributed by atoms with E-state index in [4.69, 9.17) is 9.47 Å². The van der Waals surface area contributed by atoms with Crippen molar-refractivity contribution in [2.24, 2.45) is 0 Å². The molecule has 0 unspecified atom stereocenters. The molecule has 0 atom stereocenters. The van der Waals surface area contributed by atoms with Gasteiger partial charge in [0.1, 0.15) is 11.5 Å². The average Bonchev–Trinajstić information content (AvgIpc) is 2.45. The van der Waals surface area contributed by atoms with Gasteiger partial charge >= 0.3 is 5.69 Å². The molecule has 124 valence electrons. The van der Waals surface area contributed by atoms with Gasteiger partial charge < -0.3 is 14.5 Å². The van der Waals surface area contributed by atoms with Gasteiger partial charge in [-0.3, -0.25) is 14.5 Å². The van der Waals surface area contributed by atoms with E-state index in [1.54, 1.807) is 6.07 Å². The molecular weight excluding hydrogens is 326 g/mol. The molecule has 2 rings (SSSR count). The molecule has 0 spiro atoms. The van der Waals surface area contributed by atoms with E-state index in [1.165, 1.54) is 33.3 Å². The number of methoxy groups -OCH3 is 2. The predicted molar refractivity (Wildman–Crippen MR) is 82.8 cm³/mol. The van der Waals surface area contributed by atoms with Crippen molar-refractivity contribution in [2.75, 3.05) is 18.9 Å². The first kappa shape index (κ1) is 16.6. The van der Waals surface area contributed by atoms with Gasteiger partial charge in [-0.15, -0.1) is 0 Å². The molecule has 1 heterocycles. The Morgan fingerprint density at radius 1 is 1.09 bits per heavy atom. The Balaban J connectivity index is 2.56. The van der Waals surface area contributed by atoms with Crippen molar-refractivity contribution in [3.8, 4) is 11.5 Å². The summed E-state index contributed by atoms with van der Waals surface area (Å²) in [6.07, 6.45) is 0. The summed E-state index contributed by atoms with van der Waals surface area (Å²) < 4.78 is 37.3. The monoisotopic (exact) mass is 341 g/mol. The molecule has 1 aromatic carbocycles. The summed E-state index contributed by atoms with van der Waals surface area (Å²) in [5.74, 6) is 0.642. The van der Waals surface area contributed by atoms with Crippen LogP contribution < -0.4 is 25.4 Å². The summed E-state index contributed by atoms with van der Waals surface area (Å²) in [7, 11) is -1.45. The Hall–Kier alpha value is -2.75. The molecule has 0 fully saturated rings. The molecule has 10 heteroatoms. The lowest BCUT2D eigenvalue weighted by Crippen LogP contribution is -2.31. The summed E-state index contributed by atoms with van der Waals surface area (Å²) >= 11 is 0. The molecule has 0 saturated carbocycles. The largest absolute Gasteiger partial charge is 0.497 e. The molecule has 23 heavy (non-hydrogen) atoms. The Labute approximate surface area is 131 Å². The Morgan fingerprint density at radius 3 is 2.35 bits per heavy atom. The molecule has 0 aliphatic heterocycles. The van der Waals surface area contributed by atoms with Crippen molar-refractivity contribution in [3.63, 3.8) is 0 Å². The molecule has 0 radical (unpaired) electrons. The highest BCUT2D eigenvalue weighted by Gasteiger charge is 2.24. The Bertz CT molecular complexity index is 945. The summed E-state index contributed by atoms with van der Waals surface area (Å²) in [5, 5.41) is 0. The molecule has 0 bridgehead atoms. The molecule has 0 amide bonds. The molecule has 9 nitrogen and oxygen atoms in total. The fourth-order valence-electron chi connectivity index (χ4n) is 2.00. The zero-order chi connectivity index (χ0) is 17.2. The second kappa shape index (κ2) is 6.16. The zero-order valence-corrected chi connectivity index (χ0v) is 13.4. The lowest BCUT2D eigenvalue weighted by molar-refractivity contribution is 0.405. The summed E-state index contributed by atoms with van der Waals surface area (Å²) in [6, 6.07) is 4.51. The number of sulfonamides is 1. The lowest BCUT2D eigenvalue weighted by Gasteiger charge is -2.13. The Kier molecular flexibility index (Phi) is 4.45. The first-order valence-corrected chi connectivity index (χ1v) is 7.85. The number of benzene rings is 1. The number of anilines is 1. The van der Waals surface area contributed by atoms with E-state index < -0.39 is 26.2 Å². The number of hydrogen-bond donors (Lipinski definition) is 3. The van der Waals surface area contributed by atoms with Crippen LogP contribution in [0.4, 0.5) is 5.69 Å². The lowest BCUT2D eigenvalue weighted by atomic mass is 10.3. The molecular formula is C13H15N3O6S. The minimum Gasteiger partial charge on any atom is -0.497 e. The molecule has 3 N–H and O–H groups in total. The van der Waals surface area contributed by atoms with E-state index in [9.17, 15) is 18.0 Å². The van der Waals surface area contributed by atoms with Crippen molar-refractivity contribution in [2.45, 2.75) is 11.8 Å². The first-order chi connectivity index (χ1) is 10.8. The van der Waals surface area contributed by atoms with E-state index in [1.807, 2.05) is 4.98 Å². The van der Waals surface area contributed by atoms with Crippen LogP contribution in [0.3, 0.4) is 0 Å². The van der Waals surface area contributed by atoms with Crippen LogP contribution in [-0.2, 0) is 10.0 Å². The van der Waals surface area contributed by atoms with E-state index in [0.717, 1.165) is 0 Å². The number of aromatic amines is 2. The summed E-state index contributed by atoms with van der Waals surface area (Å²) in [4.78, 5) is 26.5. The highest BCUT2D eigenvalue weighted by atomic mass is 32.2. The van der Waals surface area contributed by atoms with Crippen LogP contribution in [-0.4, -0.2) is 32.6 Å². The SMILES string of the molecule is COc1ccc(OC)c(NS(=O)(=O)c2c(C)[nH]c(=O)[nH]c2=O)c1. The molecule has 2 aromatic rings. The van der Waals surface area contributed by atoms with Crippen LogP contribution in [0.1, 0.15) is 5.69 Å². The van der Waals surface area contributed by atoms with E-state index in [2.05, 4.69) is 9.71 Å². The number of H-pyrrole nitrogens is 2. The van der Waals surface area contributed by atoms with Crippen LogP contribution in [0.2, 0.25) is 0 Å². The van der Waals surface area contributed by atoms with Gasteiger partial charge in [0.2, 0.25) is 0 Å². The maximum atomic E-state index is 12.5. The second-order valence-electron chi connectivity index (χ2n) is 4.53. The minimum atomic E-state index is -4.25. The summed E-state index contributed by atoms with van der Waals surface area (Å²) in [6.45, 7) is 1.31. The van der Waals surface area contributed by atoms with Gasteiger partial charge in [0.15, 0.2) is 4.90 Å². The third kappa shape index (κ3) is 3.37. The van der Waals surface area contributed by atoms with Gasteiger partial charge in [-0.2, -0.15) is 0 Å². The topological polar surface area (TPSA) is 130 Å². The van der Waals surface area contributed by atoms with Gasteiger partial charge in [0.05, 0.1) is 19.9 Å². The van der Waals surface area contributed by atoms with E-state index in [0.29, 0.717) is 5.75 Å². The van der Waals surface area contributed by atoms with Crippen LogP contribution in [0.15, 0.2) is 32.7 Å². The van der Waals surface area contributed by atoms with Gasteiger partial charge in [0, 0.05) is 11.8 Å². The van der Waals surface area contributed by atoms with Crippen LogP contribution >= 0.6 is 0 Å². The zero-order valence-electron chi connectivity index (χ0n) is 12.6. The normalized spacial score (nSPS) is 11.1. The van der Waals surface area contributed by atoms with Crippen LogP contribution in [0.5, 0.6) is 11.5 Å². The van der Waals surface area contributed by atoms with Crippen molar-refractivity contribution < 1.29 is 17.9 Å². The fraction of sp³-hybridized carbons (Fsp3) is 0.231. The van der Waals surface area contributed by atoms with Gasteiger partial charge in [-0.05, 0) is 19.1 Å². The van der Waals surface area contributed by atoms with Crippen molar-refractivity contribution in [1.29, 1.82) is 0 Å². The highest BCUT2D eigenvalue weighted by molar-refractivity contribution is 7.92. The third-order valence-electron chi connectivity index (χ3n) is 2.99. The standard InChI is InChI=1S/C13H15N3O6S/c1-7-11(12(17)15-13(18)14-7)23(19,20)16-9-6-8(21-2)4-5-10(9)22-3/h4-6,16H,1-3H3,(H2,14,15,17,18). The molecule has 0 aliphatic rings. The van der Waals surface area contributed by atoms with Crippen molar-refractivity contribution in [3.05, 3.63) is 44.7 Å². The number of ether oxygens (including phenoxy) is 2. The van der Waals surface area contributed by atoms with Gasteiger partial charge in [-0.1, -0.05) is 0 Å². The number of aromatic nitrogens is 2. The third-order valence-corrected chi connectivity index (χ3v) is 4.51.